The van der Waals surface area contributed by atoms with E-state index >= 15 is 0 Å². The Morgan fingerprint density at radius 2 is 0.391 bits per heavy atom. The van der Waals surface area contributed by atoms with Crippen LogP contribution >= 0.6 is 0 Å². The fourth-order valence-electron chi connectivity index (χ4n) is 12.1. The van der Waals surface area contributed by atoms with E-state index in [2.05, 4.69) is 124 Å². The van der Waals surface area contributed by atoms with E-state index in [1.807, 2.05) is 146 Å². The van der Waals surface area contributed by atoms with Gasteiger partial charge in [-0.2, -0.15) is 0 Å². The van der Waals surface area contributed by atoms with Gasteiger partial charge in [-0.05, 0) is 226 Å². The summed E-state index contributed by atoms with van der Waals surface area (Å²) in [5.74, 6) is 6.00. The Hall–Kier alpha value is -8.40. The van der Waals surface area contributed by atoms with Gasteiger partial charge in [0.25, 0.3) is 0 Å². The van der Waals surface area contributed by atoms with E-state index in [1.54, 1.807) is 0 Å². The van der Waals surface area contributed by atoms with Crippen molar-refractivity contribution in [3.8, 4) is 91.5 Å². The number of benzene rings is 4. The molecule has 8 rings (SSSR count). The molecule has 16 nitrogen and oxygen atoms in total. The molecule has 8 aromatic rings. The molecular weight excluding hydrogens is 1370 g/mol. The molecule has 0 aliphatic heterocycles. The van der Waals surface area contributed by atoms with Gasteiger partial charge in [0.05, 0.1) is 73.6 Å². The molecule has 4 atom stereocenters. The Morgan fingerprint density at radius 1 is 0.200 bits per heavy atom. The van der Waals surface area contributed by atoms with Gasteiger partial charge < -0.3 is 37.9 Å². The Kier molecular flexibility index (Phi) is 49.8. The van der Waals surface area contributed by atoms with Gasteiger partial charge in [-0.3, -0.25) is 0 Å². The molecule has 4 aromatic carbocycles. The van der Waals surface area contributed by atoms with Crippen LogP contribution in [0.3, 0.4) is 0 Å². The second-order valence-corrected chi connectivity index (χ2v) is 29.2. The molecule has 0 saturated carbocycles. The summed E-state index contributed by atoms with van der Waals surface area (Å²) in [6.45, 7) is 29.1. The van der Waals surface area contributed by atoms with E-state index in [0.717, 1.165) is 126 Å². The quantitative estimate of drug-likeness (QED) is 0.0329. The largest absolute Gasteiger partial charge is 0.491 e. The summed E-state index contributed by atoms with van der Waals surface area (Å²) in [6.07, 6.45) is 42.3. The molecule has 16 heteroatoms. The van der Waals surface area contributed by atoms with Crippen LogP contribution in [0.2, 0.25) is 0 Å². The molecule has 0 aliphatic carbocycles. The number of nitrogens with zero attached hydrogens (tertiary/aromatic N) is 8. The van der Waals surface area contributed by atoms with E-state index in [0.29, 0.717) is 49.9 Å². The molecule has 0 bridgehead atoms. The highest BCUT2D eigenvalue weighted by molar-refractivity contribution is 5.62. The second kappa shape index (κ2) is 59.4. The van der Waals surface area contributed by atoms with Crippen LogP contribution in [-0.2, 0) is 0 Å². The molecular formula is C94H140N8O8. The van der Waals surface area contributed by atoms with Crippen LogP contribution in [0.1, 0.15) is 301 Å². The fourth-order valence-corrected chi connectivity index (χ4v) is 12.1. The lowest BCUT2D eigenvalue weighted by molar-refractivity contribution is 0.206. The Balaban J connectivity index is 0.000000263. The zero-order valence-electron chi connectivity index (χ0n) is 69.9. The number of aromatic nitrogens is 8. The molecule has 4 heterocycles. The number of hydrogen-bond acceptors (Lipinski definition) is 16. The van der Waals surface area contributed by atoms with Gasteiger partial charge in [-0.1, -0.05) is 197 Å². The van der Waals surface area contributed by atoms with Crippen molar-refractivity contribution in [2.45, 2.75) is 326 Å². The third kappa shape index (κ3) is 41.0. The van der Waals surface area contributed by atoms with Crippen molar-refractivity contribution in [3.05, 3.63) is 146 Å². The van der Waals surface area contributed by atoms with Crippen molar-refractivity contribution >= 4 is 0 Å². The van der Waals surface area contributed by atoms with Gasteiger partial charge in [0.1, 0.15) is 23.0 Å². The third-order valence-electron chi connectivity index (χ3n) is 18.9. The summed E-state index contributed by atoms with van der Waals surface area (Å²) >= 11 is 0. The zero-order valence-corrected chi connectivity index (χ0v) is 69.9. The monoisotopic (exact) mass is 1510 g/mol. The summed E-state index contributed by atoms with van der Waals surface area (Å²) in [5.41, 5.74) is 7.50. The lowest BCUT2D eigenvalue weighted by atomic mass is 10.1. The van der Waals surface area contributed by atoms with E-state index in [-0.39, 0.29) is 24.4 Å². The average Bonchev–Trinajstić information content (AvgIpc) is 0.871. The van der Waals surface area contributed by atoms with Crippen LogP contribution in [-0.4, -0.2) is 91.6 Å². The number of ether oxygens (including phenoxy) is 8. The Bertz CT molecular complexity index is 3460. The lowest BCUT2D eigenvalue weighted by Crippen LogP contribution is -2.11. The first kappa shape index (κ1) is 92.2. The highest BCUT2D eigenvalue weighted by Gasteiger charge is 2.13. The zero-order chi connectivity index (χ0) is 78.7. The molecule has 0 radical (unpaired) electrons. The summed E-state index contributed by atoms with van der Waals surface area (Å²) in [5, 5.41) is 33.9. The standard InChI is InChI=1S/C25H38N2O2.C24H36N2O2.C23H34N2O2.C22H32N2O2/c1-4-6-8-10-12-20-28-25-19-18-24(26-27-25)22-14-16-23(17-15-22)29-21(3)13-11-9-7-5-2;1-4-6-8-10-12-20(3)28-22-15-13-21(14-16-22)23-17-18-24(26-25-23)27-19-11-9-7-5-2;1-4-6-8-9-11-19(3)27-21-14-12-20(13-15-21)22-16-17-23(25-24-22)26-18-10-7-5-2;1-4-6-8-9-10-18(3)26-20-13-11-19(12-14-20)21-15-16-22(24-23-21)25-17-7-5-2/h14-19,21H,4-13,20H2,1-3H3;13-18,20H,4-12,19H2,1-3H3;12-17,19H,4-11,18H2,1-3H3;11-16,18H,4-10,17H2,1-3H3. The molecule has 0 spiro atoms. The van der Waals surface area contributed by atoms with Gasteiger partial charge in [-0.15, -0.1) is 40.8 Å². The van der Waals surface area contributed by atoms with Gasteiger partial charge >= 0.3 is 0 Å². The maximum absolute atomic E-state index is 6.03. The molecule has 110 heavy (non-hydrogen) atoms. The van der Waals surface area contributed by atoms with E-state index in [9.17, 15) is 0 Å². The second-order valence-electron chi connectivity index (χ2n) is 29.2. The molecule has 0 saturated heterocycles. The van der Waals surface area contributed by atoms with Crippen molar-refractivity contribution in [3.63, 3.8) is 0 Å². The van der Waals surface area contributed by atoms with Gasteiger partial charge in [0.15, 0.2) is 0 Å². The minimum absolute atomic E-state index is 0.246. The highest BCUT2D eigenvalue weighted by atomic mass is 16.5. The van der Waals surface area contributed by atoms with Crippen LogP contribution in [0.15, 0.2) is 146 Å². The minimum Gasteiger partial charge on any atom is -0.491 e. The summed E-state index contributed by atoms with van der Waals surface area (Å²) < 4.78 is 46.6. The minimum atomic E-state index is 0.246. The van der Waals surface area contributed by atoms with Crippen molar-refractivity contribution < 1.29 is 37.9 Å². The average molecular weight is 1510 g/mol. The third-order valence-corrected chi connectivity index (χ3v) is 18.9. The summed E-state index contributed by atoms with van der Waals surface area (Å²) in [4.78, 5) is 0. The Morgan fingerprint density at radius 3 is 0.609 bits per heavy atom. The number of hydrogen-bond donors (Lipinski definition) is 0. The first-order valence-corrected chi connectivity index (χ1v) is 42.8. The maximum Gasteiger partial charge on any atom is 0.233 e. The first-order valence-electron chi connectivity index (χ1n) is 42.8. The lowest BCUT2D eigenvalue weighted by Gasteiger charge is -2.15. The van der Waals surface area contributed by atoms with Crippen molar-refractivity contribution in [1.82, 2.24) is 40.8 Å². The Labute approximate surface area is 664 Å². The smallest absolute Gasteiger partial charge is 0.233 e. The van der Waals surface area contributed by atoms with Crippen molar-refractivity contribution in [2.24, 2.45) is 0 Å². The normalized spacial score (nSPS) is 12.0. The molecule has 0 amide bonds. The molecule has 0 N–H and O–H groups in total. The predicted octanol–water partition coefficient (Wildman–Crippen LogP) is 26.6. The van der Waals surface area contributed by atoms with Crippen LogP contribution < -0.4 is 37.9 Å². The molecule has 4 unspecified atom stereocenters. The van der Waals surface area contributed by atoms with Gasteiger partial charge in [0, 0.05) is 46.5 Å². The fraction of sp³-hybridized carbons (Fsp3) is 0.574. The predicted molar refractivity (Wildman–Crippen MR) is 455 cm³/mol. The summed E-state index contributed by atoms with van der Waals surface area (Å²) in [6, 6.07) is 47.7. The van der Waals surface area contributed by atoms with Gasteiger partial charge in [-0.25, -0.2) is 0 Å². The van der Waals surface area contributed by atoms with Crippen LogP contribution in [0.4, 0.5) is 0 Å². The van der Waals surface area contributed by atoms with Crippen LogP contribution in [0, 0.1) is 0 Å². The highest BCUT2D eigenvalue weighted by Crippen LogP contribution is 2.28. The first-order chi connectivity index (χ1) is 53.9. The maximum atomic E-state index is 6.03. The molecule has 0 fully saturated rings. The molecule has 4 aromatic heterocycles. The van der Waals surface area contributed by atoms with Crippen molar-refractivity contribution in [2.75, 3.05) is 26.4 Å². The van der Waals surface area contributed by atoms with E-state index in [4.69, 9.17) is 37.9 Å². The molecule has 604 valence electrons. The molecule has 0 aliphatic rings. The van der Waals surface area contributed by atoms with Gasteiger partial charge in [0.2, 0.25) is 23.5 Å². The summed E-state index contributed by atoms with van der Waals surface area (Å²) in [7, 11) is 0. The SMILES string of the molecule is CCCCCCC(C)Oc1ccc(-c2ccc(OCCCC)nn2)cc1.CCCCCCC(C)Oc1ccc(-c2ccc(OCCCCC)nn2)cc1.CCCCCCCOc1ccc(-c2ccc(OC(C)CCCCCC)cc2)nn1.CCCCCCOc1ccc(-c2ccc(OC(C)CCCCCC)cc2)nn1. The van der Waals surface area contributed by atoms with E-state index in [1.165, 1.54) is 161 Å². The van der Waals surface area contributed by atoms with Crippen LogP contribution in [0.25, 0.3) is 45.0 Å². The van der Waals surface area contributed by atoms with Crippen molar-refractivity contribution in [1.29, 1.82) is 0 Å². The van der Waals surface area contributed by atoms with Crippen LogP contribution in [0.5, 0.6) is 46.5 Å². The van der Waals surface area contributed by atoms with E-state index < -0.39 is 0 Å². The number of rotatable bonds is 54. The number of unbranched alkanes of at least 4 members (excludes halogenated alkanes) is 22. The topological polar surface area (TPSA) is 177 Å².